The normalized spacial score (nSPS) is 14.0. The second kappa shape index (κ2) is 4.67. The fourth-order valence-electron chi connectivity index (χ4n) is 1.38. The lowest BCUT2D eigenvalue weighted by atomic mass is 10.2. The van der Waals surface area contributed by atoms with E-state index >= 15 is 0 Å². The third kappa shape index (κ3) is 2.91. The van der Waals surface area contributed by atoms with Crippen LogP contribution in [0.1, 0.15) is 5.56 Å². The molecule has 0 fully saturated rings. The SMILES string of the molecule is Cc1ccc(N=S(=O)(F)c2ccccc2)cc1. The lowest BCUT2D eigenvalue weighted by Crippen LogP contribution is -1.90. The minimum absolute atomic E-state index is 0.0978. The van der Waals surface area contributed by atoms with Crippen molar-refractivity contribution in [2.24, 2.45) is 4.36 Å². The van der Waals surface area contributed by atoms with Crippen molar-refractivity contribution in [2.75, 3.05) is 0 Å². The van der Waals surface area contributed by atoms with Crippen molar-refractivity contribution in [1.29, 1.82) is 0 Å². The molecule has 0 spiro atoms. The molecule has 0 aliphatic rings. The molecular formula is C13H12FNOS. The minimum Gasteiger partial charge on any atom is -0.211 e. The van der Waals surface area contributed by atoms with Gasteiger partial charge in [-0.15, -0.1) is 3.89 Å². The third-order valence-corrected chi connectivity index (χ3v) is 3.59. The predicted molar refractivity (Wildman–Crippen MR) is 67.2 cm³/mol. The zero-order chi connectivity index (χ0) is 12.3. The molecule has 2 aromatic rings. The number of halogens is 1. The van der Waals surface area contributed by atoms with E-state index in [4.69, 9.17) is 0 Å². The van der Waals surface area contributed by atoms with Gasteiger partial charge >= 0.3 is 0 Å². The Morgan fingerprint density at radius 1 is 1.00 bits per heavy atom. The van der Waals surface area contributed by atoms with Crippen LogP contribution in [-0.4, -0.2) is 4.21 Å². The van der Waals surface area contributed by atoms with Gasteiger partial charge < -0.3 is 0 Å². The summed E-state index contributed by atoms with van der Waals surface area (Å²) in [6.45, 7) is 1.92. The van der Waals surface area contributed by atoms with E-state index in [1.165, 1.54) is 12.1 Å². The highest BCUT2D eigenvalue weighted by atomic mass is 32.3. The van der Waals surface area contributed by atoms with Crippen LogP contribution in [-0.2, 0) is 10.1 Å². The quantitative estimate of drug-likeness (QED) is 0.738. The van der Waals surface area contributed by atoms with Gasteiger partial charge in [0, 0.05) is 0 Å². The smallest absolute Gasteiger partial charge is 0.211 e. The first-order chi connectivity index (χ1) is 8.08. The van der Waals surface area contributed by atoms with Crippen LogP contribution >= 0.6 is 0 Å². The van der Waals surface area contributed by atoms with Gasteiger partial charge in [-0.3, -0.25) is 0 Å². The van der Waals surface area contributed by atoms with Crippen LogP contribution in [0.5, 0.6) is 0 Å². The van der Waals surface area contributed by atoms with E-state index in [-0.39, 0.29) is 4.90 Å². The van der Waals surface area contributed by atoms with E-state index in [1.54, 1.807) is 42.5 Å². The fraction of sp³-hybridized carbons (Fsp3) is 0.0769. The molecule has 1 atom stereocenters. The van der Waals surface area contributed by atoms with Gasteiger partial charge in [-0.2, -0.15) is 4.36 Å². The maximum absolute atomic E-state index is 14.0. The Hall–Kier alpha value is -1.68. The molecule has 2 aromatic carbocycles. The summed E-state index contributed by atoms with van der Waals surface area (Å²) in [5.74, 6) is 0. The minimum atomic E-state index is -3.85. The zero-order valence-corrected chi connectivity index (χ0v) is 10.2. The van der Waals surface area contributed by atoms with Crippen LogP contribution in [0.3, 0.4) is 0 Å². The first-order valence-electron chi connectivity index (χ1n) is 5.16. The average molecular weight is 249 g/mol. The number of rotatable bonds is 2. The highest BCUT2D eigenvalue weighted by Gasteiger charge is 2.09. The van der Waals surface area contributed by atoms with Gasteiger partial charge in [0.25, 0.3) is 0 Å². The molecule has 0 aliphatic carbocycles. The highest BCUT2D eigenvalue weighted by molar-refractivity contribution is 7.88. The Bertz CT molecular complexity index is 614. The molecule has 2 rings (SSSR count). The van der Waals surface area contributed by atoms with Crippen molar-refractivity contribution in [1.82, 2.24) is 0 Å². The number of benzene rings is 2. The summed E-state index contributed by atoms with van der Waals surface area (Å²) in [6.07, 6.45) is 0. The molecule has 0 saturated heterocycles. The average Bonchev–Trinajstić information content (AvgIpc) is 2.33. The molecule has 0 radical (unpaired) electrons. The first kappa shape index (κ1) is 11.8. The lowest BCUT2D eigenvalue weighted by Gasteiger charge is -2.00. The zero-order valence-electron chi connectivity index (χ0n) is 9.34. The number of hydrogen-bond acceptors (Lipinski definition) is 2. The second-order valence-electron chi connectivity index (χ2n) is 3.70. The molecule has 2 nitrogen and oxygen atoms in total. The number of aryl methyl sites for hydroxylation is 1. The van der Waals surface area contributed by atoms with E-state index < -0.39 is 10.1 Å². The molecule has 1 unspecified atom stereocenters. The van der Waals surface area contributed by atoms with Gasteiger partial charge in [0.05, 0.1) is 10.6 Å². The molecule has 0 amide bonds. The molecule has 0 bridgehead atoms. The van der Waals surface area contributed by atoms with Crippen molar-refractivity contribution < 1.29 is 8.09 Å². The molecule has 0 aliphatic heterocycles. The van der Waals surface area contributed by atoms with Crippen molar-refractivity contribution in [2.45, 2.75) is 11.8 Å². The summed E-state index contributed by atoms with van der Waals surface area (Å²) in [5.41, 5.74) is 1.43. The number of nitrogens with zero attached hydrogens (tertiary/aromatic N) is 1. The summed E-state index contributed by atoms with van der Waals surface area (Å²) < 4.78 is 29.4. The molecule has 0 aromatic heterocycles. The molecule has 0 heterocycles. The summed E-state index contributed by atoms with van der Waals surface area (Å²) in [5, 5.41) is 0. The lowest BCUT2D eigenvalue weighted by molar-refractivity contribution is 0.639. The molecular weight excluding hydrogens is 237 g/mol. The summed E-state index contributed by atoms with van der Waals surface area (Å²) in [6, 6.07) is 14.9. The Labute approximate surface area is 101 Å². The van der Waals surface area contributed by atoms with E-state index in [9.17, 15) is 8.09 Å². The summed E-state index contributed by atoms with van der Waals surface area (Å²) in [7, 11) is -3.85. The van der Waals surface area contributed by atoms with Crippen LogP contribution in [0.25, 0.3) is 0 Å². The van der Waals surface area contributed by atoms with Gasteiger partial charge in [0.1, 0.15) is 0 Å². The second-order valence-corrected chi connectivity index (χ2v) is 5.27. The van der Waals surface area contributed by atoms with Gasteiger partial charge in [0.15, 0.2) is 0 Å². The van der Waals surface area contributed by atoms with Gasteiger partial charge in [-0.1, -0.05) is 35.9 Å². The maximum Gasteiger partial charge on any atom is 0.235 e. The summed E-state index contributed by atoms with van der Waals surface area (Å²) in [4.78, 5) is 0.0978. The van der Waals surface area contributed by atoms with Gasteiger partial charge in [-0.25, -0.2) is 4.21 Å². The monoisotopic (exact) mass is 249 g/mol. The Morgan fingerprint density at radius 2 is 1.59 bits per heavy atom. The van der Waals surface area contributed by atoms with Crippen molar-refractivity contribution >= 4 is 15.8 Å². The predicted octanol–water partition coefficient (Wildman–Crippen LogP) is 4.04. The van der Waals surface area contributed by atoms with Crippen molar-refractivity contribution in [3.8, 4) is 0 Å². The van der Waals surface area contributed by atoms with E-state index in [0.29, 0.717) is 5.69 Å². The maximum atomic E-state index is 14.0. The molecule has 17 heavy (non-hydrogen) atoms. The van der Waals surface area contributed by atoms with E-state index in [1.807, 2.05) is 6.92 Å². The highest BCUT2D eigenvalue weighted by Crippen LogP contribution is 2.21. The van der Waals surface area contributed by atoms with Gasteiger partial charge in [0.2, 0.25) is 10.1 Å². The summed E-state index contributed by atoms with van der Waals surface area (Å²) >= 11 is 0. The van der Waals surface area contributed by atoms with Crippen LogP contribution in [0.2, 0.25) is 0 Å². The van der Waals surface area contributed by atoms with Crippen molar-refractivity contribution in [3.05, 3.63) is 60.2 Å². The number of hydrogen-bond donors (Lipinski definition) is 0. The topological polar surface area (TPSA) is 29.4 Å². The Kier molecular flexibility index (Phi) is 3.24. The van der Waals surface area contributed by atoms with Crippen LogP contribution in [0.15, 0.2) is 63.9 Å². The van der Waals surface area contributed by atoms with Crippen LogP contribution in [0, 0.1) is 6.92 Å². The molecule has 88 valence electrons. The van der Waals surface area contributed by atoms with Crippen LogP contribution < -0.4 is 0 Å². The van der Waals surface area contributed by atoms with E-state index in [2.05, 4.69) is 4.36 Å². The largest absolute Gasteiger partial charge is 0.235 e. The van der Waals surface area contributed by atoms with Gasteiger partial charge in [-0.05, 0) is 31.2 Å². The third-order valence-electron chi connectivity index (χ3n) is 2.29. The Balaban J connectivity index is 2.46. The molecule has 0 saturated carbocycles. The fourth-order valence-corrected chi connectivity index (χ4v) is 2.37. The van der Waals surface area contributed by atoms with Crippen LogP contribution in [0.4, 0.5) is 9.57 Å². The Morgan fingerprint density at radius 3 is 2.18 bits per heavy atom. The van der Waals surface area contributed by atoms with E-state index in [0.717, 1.165) is 5.56 Å². The molecule has 4 heteroatoms. The molecule has 0 N–H and O–H groups in total. The van der Waals surface area contributed by atoms with Crippen molar-refractivity contribution in [3.63, 3.8) is 0 Å². The standard InChI is InChI=1S/C13H12FNOS/c1-11-7-9-12(10-8-11)15-17(14,16)13-5-3-2-4-6-13/h2-10H,1H3. The first-order valence-corrected chi connectivity index (χ1v) is 6.58.